The van der Waals surface area contributed by atoms with Gasteiger partial charge in [-0.3, -0.25) is 19.0 Å². The van der Waals surface area contributed by atoms with Crippen LogP contribution in [0.1, 0.15) is 16.9 Å². The minimum absolute atomic E-state index is 0.291. The first-order chi connectivity index (χ1) is 10.4. The van der Waals surface area contributed by atoms with E-state index in [1.165, 1.54) is 11.3 Å². The summed E-state index contributed by atoms with van der Waals surface area (Å²) >= 11 is 1.25. The van der Waals surface area contributed by atoms with Crippen molar-refractivity contribution in [1.82, 2.24) is 9.13 Å². The molecule has 8 nitrogen and oxygen atoms in total. The van der Waals surface area contributed by atoms with Crippen LogP contribution in [0.15, 0.2) is 9.59 Å². The monoisotopic (exact) mass is 324 g/mol. The summed E-state index contributed by atoms with van der Waals surface area (Å²) in [6, 6.07) is 0. The molecule has 22 heavy (non-hydrogen) atoms. The van der Waals surface area contributed by atoms with Gasteiger partial charge in [-0.15, -0.1) is 11.3 Å². The molecule has 2 aromatic rings. The average Bonchev–Trinajstić information content (AvgIpc) is 2.99. The Bertz CT molecular complexity index is 919. The number of aryl methyl sites for hydroxylation is 2. The number of thiophene rings is 1. The predicted octanol–water partition coefficient (Wildman–Crippen LogP) is -0.117. The Balaban J connectivity index is 2.41. The fourth-order valence-corrected chi connectivity index (χ4v) is 4.18. The van der Waals surface area contributed by atoms with Gasteiger partial charge in [-0.25, -0.2) is 9.36 Å². The van der Waals surface area contributed by atoms with Crippen LogP contribution in [0.3, 0.4) is 0 Å². The molecule has 0 spiro atoms. The standard InChI is InChI=1S/C13H12N2O6S/c16-8(17)4-14-11(20)10-6-2-1-3-7(6)22-12(10)15(13(14)21)5-9(18)19/h1-5H2,(H,16,17)(H,18,19). The predicted molar refractivity (Wildman–Crippen MR) is 77.6 cm³/mol. The number of nitrogens with zero attached hydrogens (tertiary/aromatic N) is 2. The van der Waals surface area contributed by atoms with E-state index >= 15 is 0 Å². The molecule has 3 rings (SSSR count). The van der Waals surface area contributed by atoms with Gasteiger partial charge < -0.3 is 10.2 Å². The van der Waals surface area contributed by atoms with Gasteiger partial charge >= 0.3 is 17.6 Å². The van der Waals surface area contributed by atoms with Crippen molar-refractivity contribution in [2.75, 3.05) is 0 Å². The van der Waals surface area contributed by atoms with Crippen molar-refractivity contribution in [3.63, 3.8) is 0 Å². The highest BCUT2D eigenvalue weighted by Gasteiger charge is 2.25. The molecule has 1 aliphatic rings. The minimum atomic E-state index is -1.33. The molecule has 0 amide bonds. The lowest BCUT2D eigenvalue weighted by Gasteiger charge is -2.09. The zero-order chi connectivity index (χ0) is 16.0. The van der Waals surface area contributed by atoms with Crippen molar-refractivity contribution in [2.24, 2.45) is 0 Å². The topological polar surface area (TPSA) is 119 Å². The lowest BCUT2D eigenvalue weighted by molar-refractivity contribution is -0.138. The summed E-state index contributed by atoms with van der Waals surface area (Å²) in [5, 5.41) is 18.2. The number of carboxylic acid groups (broad SMARTS) is 2. The van der Waals surface area contributed by atoms with Gasteiger partial charge in [-0.2, -0.15) is 0 Å². The normalized spacial score (nSPS) is 13.5. The van der Waals surface area contributed by atoms with E-state index in [0.717, 1.165) is 27.8 Å². The third-order valence-corrected chi connectivity index (χ3v) is 4.97. The molecule has 2 N–H and O–H groups in total. The zero-order valence-corrected chi connectivity index (χ0v) is 12.2. The molecular formula is C13H12N2O6S. The quantitative estimate of drug-likeness (QED) is 0.809. The third-order valence-electron chi connectivity index (χ3n) is 3.66. The Morgan fingerprint density at radius 3 is 2.32 bits per heavy atom. The second-order valence-corrected chi connectivity index (χ2v) is 6.17. The molecule has 0 saturated carbocycles. The molecule has 0 radical (unpaired) electrons. The number of carbonyl (C=O) groups is 2. The number of aliphatic carboxylic acids is 2. The maximum Gasteiger partial charge on any atom is 0.333 e. The van der Waals surface area contributed by atoms with E-state index in [2.05, 4.69) is 0 Å². The summed E-state index contributed by atoms with van der Waals surface area (Å²) in [6.07, 6.45) is 2.37. The van der Waals surface area contributed by atoms with Gasteiger partial charge in [-0.1, -0.05) is 0 Å². The Morgan fingerprint density at radius 2 is 1.68 bits per heavy atom. The van der Waals surface area contributed by atoms with E-state index in [-0.39, 0.29) is 0 Å². The highest BCUT2D eigenvalue weighted by molar-refractivity contribution is 7.19. The first kappa shape index (κ1) is 14.5. The van der Waals surface area contributed by atoms with Gasteiger partial charge in [0.25, 0.3) is 5.56 Å². The van der Waals surface area contributed by atoms with Gasteiger partial charge in [0.1, 0.15) is 17.9 Å². The summed E-state index contributed by atoms with van der Waals surface area (Å²) in [6.45, 7) is -1.38. The van der Waals surface area contributed by atoms with E-state index in [9.17, 15) is 19.2 Å². The molecule has 0 saturated heterocycles. The number of aromatic nitrogens is 2. The van der Waals surface area contributed by atoms with E-state index < -0.39 is 36.3 Å². The number of fused-ring (bicyclic) bond motifs is 3. The lowest BCUT2D eigenvalue weighted by atomic mass is 10.2. The Morgan fingerprint density at radius 1 is 1.05 bits per heavy atom. The van der Waals surface area contributed by atoms with Crippen LogP contribution in [0.25, 0.3) is 10.2 Å². The lowest BCUT2D eigenvalue weighted by Crippen LogP contribution is -2.42. The summed E-state index contributed by atoms with van der Waals surface area (Å²) in [4.78, 5) is 48.0. The molecule has 9 heteroatoms. The molecule has 0 unspecified atom stereocenters. The molecule has 0 bridgehead atoms. The van der Waals surface area contributed by atoms with Crippen molar-refractivity contribution in [1.29, 1.82) is 0 Å². The van der Waals surface area contributed by atoms with Gasteiger partial charge in [0.15, 0.2) is 0 Å². The van der Waals surface area contributed by atoms with E-state index in [0.29, 0.717) is 21.2 Å². The summed E-state index contributed by atoms with van der Waals surface area (Å²) in [5.74, 6) is -2.55. The number of carboxylic acids is 2. The summed E-state index contributed by atoms with van der Waals surface area (Å²) in [7, 11) is 0. The molecule has 2 aromatic heterocycles. The fourth-order valence-electron chi connectivity index (χ4n) is 2.80. The van der Waals surface area contributed by atoms with Crippen molar-refractivity contribution in [2.45, 2.75) is 32.4 Å². The van der Waals surface area contributed by atoms with Crippen molar-refractivity contribution in [3.8, 4) is 0 Å². The van der Waals surface area contributed by atoms with Crippen LogP contribution < -0.4 is 11.2 Å². The van der Waals surface area contributed by atoms with Crippen molar-refractivity contribution >= 4 is 33.5 Å². The number of hydrogen-bond donors (Lipinski definition) is 2. The molecule has 0 atom stereocenters. The fraction of sp³-hybridized carbons (Fsp3) is 0.385. The highest BCUT2D eigenvalue weighted by atomic mass is 32.1. The Labute approximate surface area is 126 Å². The van der Waals surface area contributed by atoms with E-state index in [1.807, 2.05) is 0 Å². The second kappa shape index (κ2) is 5.09. The molecule has 2 heterocycles. The average molecular weight is 324 g/mol. The molecule has 0 fully saturated rings. The first-order valence-corrected chi connectivity index (χ1v) is 7.43. The minimum Gasteiger partial charge on any atom is -0.480 e. The van der Waals surface area contributed by atoms with Crippen LogP contribution in [0.4, 0.5) is 0 Å². The number of rotatable bonds is 4. The van der Waals surface area contributed by atoms with Crippen LogP contribution in [0.5, 0.6) is 0 Å². The summed E-state index contributed by atoms with van der Waals surface area (Å²) < 4.78 is 1.57. The molecule has 116 valence electrons. The largest absolute Gasteiger partial charge is 0.480 e. The summed E-state index contributed by atoms with van der Waals surface area (Å²) in [5.41, 5.74) is -0.728. The SMILES string of the molecule is O=C(O)Cn1c(=O)c2c3c(sc2n(CC(=O)O)c1=O)CCC3. The van der Waals surface area contributed by atoms with E-state index in [4.69, 9.17) is 10.2 Å². The smallest absolute Gasteiger partial charge is 0.333 e. The molecular weight excluding hydrogens is 312 g/mol. The third kappa shape index (κ3) is 2.13. The van der Waals surface area contributed by atoms with Crippen molar-refractivity contribution < 1.29 is 19.8 Å². The maximum atomic E-state index is 12.5. The van der Waals surface area contributed by atoms with Crippen LogP contribution in [0, 0.1) is 0 Å². The molecule has 0 aliphatic heterocycles. The van der Waals surface area contributed by atoms with Crippen LogP contribution in [-0.4, -0.2) is 31.3 Å². The Hall–Kier alpha value is -2.42. The van der Waals surface area contributed by atoms with Crippen molar-refractivity contribution in [3.05, 3.63) is 31.3 Å². The van der Waals surface area contributed by atoms with Crippen LogP contribution in [0.2, 0.25) is 0 Å². The van der Waals surface area contributed by atoms with Gasteiger partial charge in [-0.05, 0) is 24.8 Å². The van der Waals surface area contributed by atoms with Crippen LogP contribution >= 0.6 is 11.3 Å². The van der Waals surface area contributed by atoms with Gasteiger partial charge in [0, 0.05) is 4.88 Å². The van der Waals surface area contributed by atoms with Gasteiger partial charge in [0.05, 0.1) is 5.39 Å². The maximum absolute atomic E-state index is 12.5. The number of hydrogen-bond acceptors (Lipinski definition) is 5. The van der Waals surface area contributed by atoms with E-state index in [1.54, 1.807) is 0 Å². The highest BCUT2D eigenvalue weighted by Crippen LogP contribution is 2.35. The molecule has 0 aromatic carbocycles. The first-order valence-electron chi connectivity index (χ1n) is 6.61. The Kier molecular flexibility index (Phi) is 3.36. The second-order valence-electron chi connectivity index (χ2n) is 5.08. The van der Waals surface area contributed by atoms with Gasteiger partial charge in [0.2, 0.25) is 0 Å². The molecule has 1 aliphatic carbocycles. The van der Waals surface area contributed by atoms with Crippen LogP contribution in [-0.2, 0) is 35.5 Å². The zero-order valence-electron chi connectivity index (χ0n) is 11.4.